The van der Waals surface area contributed by atoms with Gasteiger partial charge in [0.1, 0.15) is 5.75 Å². The first-order valence-electron chi connectivity index (χ1n) is 12.9. The fourth-order valence-corrected chi connectivity index (χ4v) is 6.84. The molecule has 2 heterocycles. The van der Waals surface area contributed by atoms with Gasteiger partial charge in [-0.1, -0.05) is 0 Å². The lowest BCUT2D eigenvalue weighted by Crippen LogP contribution is -2.40. The molecule has 4 rings (SSSR count). The average molecular weight is 760 g/mol. The van der Waals surface area contributed by atoms with Crippen molar-refractivity contribution in [1.82, 2.24) is 14.8 Å². The van der Waals surface area contributed by atoms with E-state index in [1.165, 1.54) is 17.7 Å². The van der Waals surface area contributed by atoms with Crippen LogP contribution in [0.5, 0.6) is 5.75 Å². The number of carbonyl (C=O) groups is 1. The van der Waals surface area contributed by atoms with Crippen LogP contribution in [-0.2, 0) is 6.42 Å². The number of benzene rings is 2. The molecule has 0 saturated carbocycles. The fourth-order valence-electron chi connectivity index (χ4n) is 4.94. The zero-order valence-electron chi connectivity index (χ0n) is 22.3. The van der Waals surface area contributed by atoms with Crippen molar-refractivity contribution in [3.8, 4) is 5.75 Å². The Morgan fingerprint density at radius 3 is 2.49 bits per heavy atom. The summed E-state index contributed by atoms with van der Waals surface area (Å²) in [5, 5.41) is 13.9. The van der Waals surface area contributed by atoms with Crippen LogP contribution in [0.4, 0.5) is 16.5 Å². The largest absolute Gasteiger partial charge is 0.506 e. The number of phenolic OH excluding ortho intramolecular Hbond substituents is 1. The van der Waals surface area contributed by atoms with Crippen molar-refractivity contribution in [1.29, 1.82) is 0 Å². The molecule has 1 saturated heterocycles. The normalized spacial score (nSPS) is 14.7. The number of nitrogens with two attached hydrogens (primary N) is 1. The second-order valence-corrected chi connectivity index (χ2v) is 12.5. The lowest BCUT2D eigenvalue weighted by atomic mass is 10.1. The second kappa shape index (κ2) is 13.0. The van der Waals surface area contributed by atoms with Gasteiger partial charge in [-0.05, 0) is 134 Å². The summed E-state index contributed by atoms with van der Waals surface area (Å²) in [5.41, 5.74) is 7.87. The van der Waals surface area contributed by atoms with Crippen molar-refractivity contribution in [2.75, 3.05) is 57.0 Å². The van der Waals surface area contributed by atoms with Gasteiger partial charge in [-0.2, -0.15) is 4.98 Å². The highest BCUT2D eigenvalue weighted by atomic mass is 127. The van der Waals surface area contributed by atoms with E-state index in [1.54, 1.807) is 19.1 Å². The van der Waals surface area contributed by atoms with Crippen molar-refractivity contribution in [3.05, 3.63) is 53.0 Å². The predicted octanol–water partition coefficient (Wildman–Crippen LogP) is 3.98. The number of carbonyl (C=O) groups excluding carboxylic acids is 1. The van der Waals surface area contributed by atoms with Gasteiger partial charge in [0.15, 0.2) is 0 Å². The number of fused-ring (bicyclic) bond motifs is 1. The van der Waals surface area contributed by atoms with E-state index in [9.17, 15) is 14.7 Å². The Morgan fingerprint density at radius 2 is 1.87 bits per heavy atom. The van der Waals surface area contributed by atoms with Crippen molar-refractivity contribution >= 4 is 73.8 Å². The van der Waals surface area contributed by atoms with Crippen LogP contribution < -0.4 is 21.6 Å². The number of primary amides is 1. The van der Waals surface area contributed by atoms with Crippen molar-refractivity contribution < 1.29 is 14.3 Å². The number of anilines is 2. The Hall–Kier alpha value is -2.17. The molecule has 1 aromatic heterocycles. The number of aromatic hydroxyl groups is 1. The number of likely N-dealkylation sites (N-methyl/N-ethyl adjacent to an activating group) is 1. The van der Waals surface area contributed by atoms with Crippen molar-refractivity contribution in [2.24, 2.45) is 5.73 Å². The summed E-state index contributed by atoms with van der Waals surface area (Å²) in [6, 6.07) is 6.97. The Bertz CT molecular complexity index is 1380. The molecule has 12 heteroatoms. The summed E-state index contributed by atoms with van der Waals surface area (Å²) < 4.78 is 7.28. The van der Waals surface area contributed by atoms with Crippen LogP contribution in [0.25, 0.3) is 10.9 Å². The average Bonchev–Trinajstić information content (AvgIpc) is 3.36. The first-order chi connectivity index (χ1) is 18.5. The van der Waals surface area contributed by atoms with Gasteiger partial charge in [-0.25, -0.2) is 9.59 Å². The van der Waals surface area contributed by atoms with Crippen LogP contribution in [0, 0.1) is 14.1 Å². The Kier molecular flexibility index (Phi) is 9.93. The molecule has 0 radical (unpaired) electrons. The highest BCUT2D eigenvalue weighted by Crippen LogP contribution is 2.29. The SMILES string of the molecule is Cc1c(N(CCN(C)C)C(N)=O)ccc2nc(N[C@@H](Cc3cc(I)c(O)c(I)c3)CN3CCCC3)oc(=O)c12. The number of rotatable bonds is 10. The molecule has 0 unspecified atom stereocenters. The third kappa shape index (κ3) is 7.32. The van der Waals surface area contributed by atoms with Crippen LogP contribution in [0.3, 0.4) is 0 Å². The van der Waals surface area contributed by atoms with Gasteiger partial charge in [-0.3, -0.25) is 4.90 Å². The standard InChI is InChI=1S/C27H34I2N6O4/c1-16-22(35(26(30)38)11-10-33(2)3)7-6-21-23(16)25(37)39-27(32-21)31-18(15-34-8-4-5-9-34)12-17-13-19(28)24(36)20(29)14-17/h6-7,13-14,18,36H,4-5,8-12,15H2,1-3H3,(H2,30,38)(H,31,32)/t18-/m0/s1. The third-order valence-corrected chi connectivity index (χ3v) is 8.57. The van der Waals surface area contributed by atoms with Gasteiger partial charge < -0.3 is 30.4 Å². The number of halogens is 2. The molecule has 39 heavy (non-hydrogen) atoms. The second-order valence-electron chi connectivity index (χ2n) is 10.2. The number of amides is 2. The number of likely N-dealkylation sites (tertiary alicyclic amines) is 1. The lowest BCUT2D eigenvalue weighted by Gasteiger charge is -2.25. The van der Waals surface area contributed by atoms with E-state index in [0.717, 1.165) is 32.3 Å². The molecule has 210 valence electrons. The first kappa shape index (κ1) is 29.8. The summed E-state index contributed by atoms with van der Waals surface area (Å²) in [5.74, 6) is 0.289. The number of aromatic nitrogens is 1. The molecular weight excluding hydrogens is 726 g/mol. The van der Waals surface area contributed by atoms with Gasteiger partial charge in [0.05, 0.1) is 18.0 Å². The number of hydrogen-bond donors (Lipinski definition) is 3. The van der Waals surface area contributed by atoms with E-state index in [0.29, 0.717) is 41.7 Å². The highest BCUT2D eigenvalue weighted by molar-refractivity contribution is 14.1. The minimum Gasteiger partial charge on any atom is -0.506 e. The molecule has 1 aliphatic rings. The van der Waals surface area contributed by atoms with Crippen LogP contribution in [0.2, 0.25) is 0 Å². The molecule has 3 aromatic rings. The Morgan fingerprint density at radius 1 is 1.21 bits per heavy atom. The summed E-state index contributed by atoms with van der Waals surface area (Å²) >= 11 is 4.28. The molecule has 4 N–H and O–H groups in total. The van der Waals surface area contributed by atoms with Crippen LogP contribution in [-0.4, -0.2) is 78.8 Å². The summed E-state index contributed by atoms with van der Waals surface area (Å²) in [7, 11) is 3.83. The minimum atomic E-state index is -0.585. The van der Waals surface area contributed by atoms with Crippen LogP contribution >= 0.6 is 45.2 Å². The molecule has 2 amide bonds. The maximum absolute atomic E-state index is 13.2. The van der Waals surface area contributed by atoms with Gasteiger partial charge in [-0.15, -0.1) is 0 Å². The number of phenols is 1. The van der Waals surface area contributed by atoms with Crippen molar-refractivity contribution in [2.45, 2.75) is 32.2 Å². The monoisotopic (exact) mass is 760 g/mol. The van der Waals surface area contributed by atoms with E-state index < -0.39 is 11.7 Å². The summed E-state index contributed by atoms with van der Waals surface area (Å²) in [4.78, 5) is 35.9. The number of aryl methyl sites for hydroxylation is 1. The van der Waals surface area contributed by atoms with Crippen molar-refractivity contribution in [3.63, 3.8) is 0 Å². The Balaban J connectivity index is 1.64. The quantitative estimate of drug-likeness (QED) is 0.265. The molecule has 0 aliphatic carbocycles. The van der Waals surface area contributed by atoms with Gasteiger partial charge in [0, 0.05) is 31.4 Å². The highest BCUT2D eigenvalue weighted by Gasteiger charge is 2.23. The molecule has 1 aliphatic heterocycles. The maximum Gasteiger partial charge on any atom is 0.348 e. The smallest absolute Gasteiger partial charge is 0.348 e. The topological polar surface area (TPSA) is 128 Å². The van der Waals surface area contributed by atoms with E-state index in [2.05, 4.69) is 60.4 Å². The zero-order valence-corrected chi connectivity index (χ0v) is 26.7. The van der Waals surface area contributed by atoms with Crippen LogP contribution in [0.15, 0.2) is 33.5 Å². The van der Waals surface area contributed by atoms with E-state index in [-0.39, 0.29) is 17.8 Å². The molecule has 1 fully saturated rings. The molecule has 0 bridgehead atoms. The number of nitrogens with zero attached hydrogens (tertiary/aromatic N) is 4. The predicted molar refractivity (Wildman–Crippen MR) is 171 cm³/mol. The number of urea groups is 1. The lowest BCUT2D eigenvalue weighted by molar-refractivity contribution is 0.253. The van der Waals surface area contributed by atoms with E-state index in [4.69, 9.17) is 10.2 Å². The minimum absolute atomic E-state index is 0.0656. The molecule has 0 spiro atoms. The molecular formula is C27H34I2N6O4. The summed E-state index contributed by atoms with van der Waals surface area (Å²) in [6.45, 7) is 5.62. The van der Waals surface area contributed by atoms with Gasteiger partial charge in [0.2, 0.25) is 0 Å². The molecule has 1 atom stereocenters. The van der Waals surface area contributed by atoms with Crippen LogP contribution in [0.1, 0.15) is 24.0 Å². The maximum atomic E-state index is 13.2. The van der Waals surface area contributed by atoms with Gasteiger partial charge >= 0.3 is 11.7 Å². The van der Waals surface area contributed by atoms with E-state index in [1.807, 2.05) is 31.1 Å². The number of hydrogen-bond acceptors (Lipinski definition) is 8. The molecule has 10 nitrogen and oxygen atoms in total. The third-order valence-electron chi connectivity index (χ3n) is 6.92. The molecule has 2 aromatic carbocycles. The first-order valence-corrected chi connectivity index (χ1v) is 15.0. The van der Waals surface area contributed by atoms with E-state index >= 15 is 0 Å². The fraction of sp³-hybridized carbons (Fsp3) is 0.444. The number of nitrogens with one attached hydrogen (secondary N) is 1. The van der Waals surface area contributed by atoms with Gasteiger partial charge in [0.25, 0.3) is 6.01 Å². The Labute approximate surface area is 255 Å². The summed E-state index contributed by atoms with van der Waals surface area (Å²) in [6.07, 6.45) is 3.01. The zero-order chi connectivity index (χ0) is 28.3.